The molecule has 0 aliphatic rings. The number of esters is 1. The molecule has 0 atom stereocenters. The molecule has 22 heavy (non-hydrogen) atoms. The second-order valence-corrected chi connectivity index (χ2v) is 4.35. The molecule has 0 saturated carbocycles. The second kappa shape index (κ2) is 8.56. The van der Waals surface area contributed by atoms with Crippen molar-refractivity contribution in [2.24, 2.45) is 5.10 Å². The highest BCUT2D eigenvalue weighted by molar-refractivity contribution is 6.64. The Kier molecular flexibility index (Phi) is 6.75. The van der Waals surface area contributed by atoms with E-state index < -0.39 is 17.7 Å². The standard InChI is InChI=1S/C15H18N2O5/c1-3-5-12(18)13(15(21)22-4-2)17-16-11-8-6-10(7-9-11)14(19)20/h6-9,16H,3-5H2,1-2H3,(H,19,20)/b17-13-. The van der Waals surface area contributed by atoms with E-state index in [1.54, 1.807) is 6.92 Å². The van der Waals surface area contributed by atoms with Gasteiger partial charge in [-0.25, -0.2) is 9.59 Å². The average Bonchev–Trinajstić information content (AvgIpc) is 2.48. The number of carboxylic acid groups (broad SMARTS) is 1. The lowest BCUT2D eigenvalue weighted by Gasteiger charge is -2.06. The zero-order valence-electron chi connectivity index (χ0n) is 12.5. The summed E-state index contributed by atoms with van der Waals surface area (Å²) in [4.78, 5) is 34.4. The Morgan fingerprint density at radius 3 is 2.32 bits per heavy atom. The van der Waals surface area contributed by atoms with E-state index in [1.165, 1.54) is 24.3 Å². The molecule has 0 aromatic heterocycles. The Bertz CT molecular complexity index is 558. The average molecular weight is 306 g/mol. The van der Waals surface area contributed by atoms with Gasteiger partial charge in [0, 0.05) is 6.42 Å². The molecule has 0 aliphatic heterocycles. The molecule has 0 heterocycles. The zero-order valence-corrected chi connectivity index (χ0v) is 12.5. The van der Waals surface area contributed by atoms with Crippen LogP contribution in [0.2, 0.25) is 0 Å². The number of hydrogen-bond acceptors (Lipinski definition) is 6. The predicted molar refractivity (Wildman–Crippen MR) is 81.0 cm³/mol. The number of ketones is 1. The summed E-state index contributed by atoms with van der Waals surface area (Å²) in [6.07, 6.45) is 0.780. The van der Waals surface area contributed by atoms with Gasteiger partial charge in [0.15, 0.2) is 5.78 Å². The van der Waals surface area contributed by atoms with Crippen molar-refractivity contribution in [1.82, 2.24) is 0 Å². The fraction of sp³-hybridized carbons (Fsp3) is 0.333. The molecule has 1 rings (SSSR count). The first-order chi connectivity index (χ1) is 10.5. The summed E-state index contributed by atoms with van der Waals surface area (Å²) in [5, 5.41) is 12.6. The van der Waals surface area contributed by atoms with Crippen molar-refractivity contribution >= 4 is 29.1 Å². The number of hydrazone groups is 1. The van der Waals surface area contributed by atoms with E-state index in [-0.39, 0.29) is 24.3 Å². The first kappa shape index (κ1) is 17.4. The molecule has 0 aliphatic carbocycles. The van der Waals surface area contributed by atoms with Crippen LogP contribution in [0.4, 0.5) is 5.69 Å². The highest BCUT2D eigenvalue weighted by atomic mass is 16.5. The first-order valence-corrected chi connectivity index (χ1v) is 6.87. The molecule has 7 nitrogen and oxygen atoms in total. The van der Waals surface area contributed by atoms with Crippen LogP contribution in [0.25, 0.3) is 0 Å². The van der Waals surface area contributed by atoms with Crippen LogP contribution in [0, 0.1) is 0 Å². The molecule has 0 fully saturated rings. The number of benzene rings is 1. The van der Waals surface area contributed by atoms with Gasteiger partial charge in [-0.1, -0.05) is 6.92 Å². The summed E-state index contributed by atoms with van der Waals surface area (Å²) >= 11 is 0. The third-order valence-electron chi connectivity index (χ3n) is 2.64. The smallest absolute Gasteiger partial charge is 0.362 e. The van der Waals surface area contributed by atoms with Gasteiger partial charge < -0.3 is 9.84 Å². The van der Waals surface area contributed by atoms with E-state index in [0.29, 0.717) is 12.1 Å². The SMILES string of the molecule is CCCC(=O)/C(=N/Nc1ccc(C(=O)O)cc1)C(=O)OCC. The van der Waals surface area contributed by atoms with Crippen molar-refractivity contribution < 1.29 is 24.2 Å². The van der Waals surface area contributed by atoms with Gasteiger partial charge in [0.1, 0.15) is 0 Å². The molecule has 2 N–H and O–H groups in total. The molecular formula is C15H18N2O5. The number of anilines is 1. The maximum atomic E-state index is 11.9. The quantitative estimate of drug-likeness (QED) is 0.330. The summed E-state index contributed by atoms with van der Waals surface area (Å²) in [7, 11) is 0. The Balaban J connectivity index is 2.89. The number of carboxylic acids is 1. The summed E-state index contributed by atoms with van der Waals surface area (Å²) < 4.78 is 4.80. The fourth-order valence-electron chi connectivity index (χ4n) is 1.57. The Hall–Kier alpha value is -2.70. The van der Waals surface area contributed by atoms with Crippen molar-refractivity contribution in [3.63, 3.8) is 0 Å². The Morgan fingerprint density at radius 2 is 1.82 bits per heavy atom. The second-order valence-electron chi connectivity index (χ2n) is 4.35. The van der Waals surface area contributed by atoms with E-state index in [1.807, 2.05) is 6.92 Å². The molecule has 0 radical (unpaired) electrons. The van der Waals surface area contributed by atoms with Crippen LogP contribution in [0.1, 0.15) is 37.0 Å². The van der Waals surface area contributed by atoms with Gasteiger partial charge in [0.2, 0.25) is 5.71 Å². The molecule has 0 amide bonds. The van der Waals surface area contributed by atoms with Crippen molar-refractivity contribution in [2.45, 2.75) is 26.7 Å². The predicted octanol–water partition coefficient (Wildman–Crippen LogP) is 2.08. The van der Waals surface area contributed by atoms with Crippen molar-refractivity contribution in [2.75, 3.05) is 12.0 Å². The van der Waals surface area contributed by atoms with Gasteiger partial charge in [0.05, 0.1) is 17.9 Å². The molecule has 1 aromatic rings. The minimum Gasteiger partial charge on any atom is -0.478 e. The molecule has 0 unspecified atom stereocenters. The van der Waals surface area contributed by atoms with Gasteiger partial charge in [-0.15, -0.1) is 0 Å². The van der Waals surface area contributed by atoms with E-state index in [2.05, 4.69) is 10.5 Å². The number of aromatic carboxylic acids is 1. The van der Waals surface area contributed by atoms with Gasteiger partial charge in [0.25, 0.3) is 0 Å². The van der Waals surface area contributed by atoms with E-state index >= 15 is 0 Å². The number of carbonyl (C=O) groups excluding carboxylic acids is 2. The topological polar surface area (TPSA) is 105 Å². The van der Waals surface area contributed by atoms with Crippen LogP contribution in [0.3, 0.4) is 0 Å². The van der Waals surface area contributed by atoms with Crippen LogP contribution < -0.4 is 5.43 Å². The number of carbonyl (C=O) groups is 3. The van der Waals surface area contributed by atoms with Gasteiger partial charge in [-0.2, -0.15) is 5.10 Å². The highest BCUT2D eigenvalue weighted by Gasteiger charge is 2.21. The maximum absolute atomic E-state index is 11.9. The number of rotatable bonds is 8. The van der Waals surface area contributed by atoms with E-state index in [4.69, 9.17) is 9.84 Å². The van der Waals surface area contributed by atoms with Gasteiger partial charge >= 0.3 is 11.9 Å². The molecule has 118 valence electrons. The van der Waals surface area contributed by atoms with E-state index in [0.717, 1.165) is 0 Å². The van der Waals surface area contributed by atoms with Crippen molar-refractivity contribution in [3.05, 3.63) is 29.8 Å². The van der Waals surface area contributed by atoms with Crippen LogP contribution >= 0.6 is 0 Å². The van der Waals surface area contributed by atoms with Gasteiger partial charge in [-0.05, 0) is 37.6 Å². The van der Waals surface area contributed by atoms with Crippen LogP contribution in [-0.4, -0.2) is 35.1 Å². The maximum Gasteiger partial charge on any atom is 0.362 e. The lowest BCUT2D eigenvalue weighted by molar-refractivity contribution is -0.135. The van der Waals surface area contributed by atoms with Gasteiger partial charge in [-0.3, -0.25) is 10.2 Å². The summed E-state index contributed by atoms with van der Waals surface area (Å²) in [5.74, 6) is -2.23. The zero-order chi connectivity index (χ0) is 16.5. The Labute approximate surface area is 128 Å². The van der Waals surface area contributed by atoms with Crippen LogP contribution in [0.15, 0.2) is 29.4 Å². The van der Waals surface area contributed by atoms with Crippen molar-refractivity contribution in [1.29, 1.82) is 0 Å². The number of ether oxygens (including phenoxy) is 1. The number of nitrogens with zero attached hydrogens (tertiary/aromatic N) is 1. The van der Waals surface area contributed by atoms with E-state index in [9.17, 15) is 14.4 Å². The minimum absolute atomic E-state index is 0.127. The van der Waals surface area contributed by atoms with Crippen molar-refractivity contribution in [3.8, 4) is 0 Å². The normalized spacial score (nSPS) is 10.9. The molecule has 0 saturated heterocycles. The number of Topliss-reactive ketones (excluding diaryl/α,β-unsaturated/α-hetero) is 1. The molecule has 1 aromatic carbocycles. The van der Waals surface area contributed by atoms with Crippen LogP contribution in [-0.2, 0) is 14.3 Å². The fourth-order valence-corrected chi connectivity index (χ4v) is 1.57. The molecule has 7 heteroatoms. The summed E-state index contributed by atoms with van der Waals surface area (Å²) in [6, 6.07) is 5.75. The van der Waals surface area contributed by atoms with Crippen LogP contribution in [0.5, 0.6) is 0 Å². The summed E-state index contributed by atoms with van der Waals surface area (Å²) in [6.45, 7) is 3.60. The molecule has 0 spiro atoms. The molecule has 0 bridgehead atoms. The monoisotopic (exact) mass is 306 g/mol. The largest absolute Gasteiger partial charge is 0.478 e. The lowest BCUT2D eigenvalue weighted by atomic mass is 10.1. The lowest BCUT2D eigenvalue weighted by Crippen LogP contribution is -2.27. The third-order valence-corrected chi connectivity index (χ3v) is 2.64. The minimum atomic E-state index is -1.04. The molecular weight excluding hydrogens is 288 g/mol. The third kappa shape index (κ3) is 5.01. The summed E-state index contributed by atoms with van der Waals surface area (Å²) in [5.41, 5.74) is 2.84. The first-order valence-electron chi connectivity index (χ1n) is 6.87. The highest BCUT2D eigenvalue weighted by Crippen LogP contribution is 2.10. The Morgan fingerprint density at radius 1 is 1.18 bits per heavy atom. The number of nitrogens with one attached hydrogen (secondary N) is 1. The number of hydrogen-bond donors (Lipinski definition) is 2.